The van der Waals surface area contributed by atoms with E-state index in [0.717, 1.165) is 10.0 Å². The summed E-state index contributed by atoms with van der Waals surface area (Å²) in [4.78, 5) is 8.05. The van der Waals surface area contributed by atoms with Crippen LogP contribution in [0.5, 0.6) is 11.9 Å². The van der Waals surface area contributed by atoms with Gasteiger partial charge in [-0.05, 0) is 22.0 Å². The van der Waals surface area contributed by atoms with Crippen LogP contribution in [-0.2, 0) is 12.9 Å². The van der Waals surface area contributed by atoms with Gasteiger partial charge >= 0.3 is 6.01 Å². The number of halogens is 2. The molecule has 16 heavy (non-hydrogen) atoms. The van der Waals surface area contributed by atoms with E-state index in [1.165, 1.54) is 0 Å². The fraction of sp³-hybridized carbons (Fsp3) is 0.222. The van der Waals surface area contributed by atoms with Gasteiger partial charge in [0.15, 0.2) is 0 Å². The molecule has 2 rings (SSSR count). The molecule has 0 N–H and O–H groups in total. The van der Waals surface area contributed by atoms with Crippen molar-refractivity contribution in [3.05, 3.63) is 28.6 Å². The van der Waals surface area contributed by atoms with Crippen LogP contribution in [0.3, 0.4) is 0 Å². The van der Waals surface area contributed by atoms with Crippen LogP contribution in [0.4, 0.5) is 0 Å². The monoisotopic (exact) mass is 302 g/mol. The van der Waals surface area contributed by atoms with E-state index in [4.69, 9.17) is 16.3 Å². The Balaban J connectivity index is 2.27. The molecular weight excluding hydrogens is 295 g/mol. The number of aromatic nitrogens is 4. The molecule has 0 aromatic carbocycles. The van der Waals surface area contributed by atoms with Gasteiger partial charge in [0.05, 0.1) is 5.88 Å². The van der Waals surface area contributed by atoms with Gasteiger partial charge in [-0.3, -0.25) is 4.68 Å². The molecular formula is C9H8BrClN4O. The summed E-state index contributed by atoms with van der Waals surface area (Å²) in [6, 6.07) is 2.10. The fourth-order valence-electron chi connectivity index (χ4n) is 1.11. The minimum Gasteiger partial charge on any atom is -0.404 e. The molecule has 2 aromatic rings. The van der Waals surface area contributed by atoms with E-state index >= 15 is 0 Å². The summed E-state index contributed by atoms with van der Waals surface area (Å²) in [5, 5.41) is 3.99. The second-order valence-electron chi connectivity index (χ2n) is 3.05. The van der Waals surface area contributed by atoms with Gasteiger partial charge < -0.3 is 4.74 Å². The lowest BCUT2D eigenvalue weighted by molar-refractivity contribution is 0.418. The van der Waals surface area contributed by atoms with E-state index < -0.39 is 0 Å². The minimum absolute atomic E-state index is 0.253. The predicted octanol–water partition coefficient (Wildman–Crippen LogP) is 2.50. The lowest BCUT2D eigenvalue weighted by atomic mass is 10.3. The van der Waals surface area contributed by atoms with Gasteiger partial charge in [-0.25, -0.2) is 4.98 Å². The topological polar surface area (TPSA) is 52.8 Å². The van der Waals surface area contributed by atoms with Gasteiger partial charge in [0.2, 0.25) is 5.88 Å². The summed E-state index contributed by atoms with van der Waals surface area (Å²) in [5.41, 5.74) is 0.781. The molecule has 0 bridgehead atoms. The maximum absolute atomic E-state index is 5.79. The van der Waals surface area contributed by atoms with Crippen molar-refractivity contribution >= 4 is 27.5 Å². The molecule has 0 atom stereocenters. The fourth-order valence-corrected chi connectivity index (χ4v) is 1.68. The van der Waals surface area contributed by atoms with Crippen LogP contribution in [0, 0.1) is 0 Å². The molecule has 0 aliphatic carbocycles. The summed E-state index contributed by atoms with van der Waals surface area (Å²) in [5.74, 6) is 0.735. The van der Waals surface area contributed by atoms with Crippen molar-refractivity contribution < 1.29 is 4.74 Å². The molecule has 5 nitrogen and oxygen atoms in total. The van der Waals surface area contributed by atoms with Crippen molar-refractivity contribution in [1.29, 1.82) is 0 Å². The van der Waals surface area contributed by atoms with Crippen LogP contribution >= 0.6 is 27.5 Å². The Kier molecular flexibility index (Phi) is 3.40. The summed E-state index contributed by atoms with van der Waals surface area (Å²) in [6.45, 7) is 0. The molecule has 0 aliphatic heterocycles. The molecule has 0 saturated heterocycles. The second kappa shape index (κ2) is 4.80. The molecule has 0 fully saturated rings. The molecule has 0 aliphatic rings. The van der Waals surface area contributed by atoms with Crippen molar-refractivity contribution in [3.63, 3.8) is 0 Å². The summed E-state index contributed by atoms with van der Waals surface area (Å²) >= 11 is 9.10. The van der Waals surface area contributed by atoms with Gasteiger partial charge in [0, 0.05) is 23.3 Å². The maximum Gasteiger partial charge on any atom is 0.342 e. The zero-order chi connectivity index (χ0) is 11.5. The molecule has 84 valence electrons. The highest BCUT2D eigenvalue weighted by atomic mass is 79.9. The third-order valence-corrected chi connectivity index (χ3v) is 2.52. The first-order valence-corrected chi connectivity index (χ1v) is 5.75. The Morgan fingerprint density at radius 1 is 1.50 bits per heavy atom. The number of aryl methyl sites for hydroxylation is 1. The lowest BCUT2D eigenvalue weighted by Gasteiger charge is -2.04. The number of pyridine rings is 1. The molecule has 0 saturated carbocycles. The van der Waals surface area contributed by atoms with E-state index in [2.05, 4.69) is 31.0 Å². The quantitative estimate of drug-likeness (QED) is 0.818. The van der Waals surface area contributed by atoms with E-state index in [1.54, 1.807) is 24.3 Å². The predicted molar refractivity (Wildman–Crippen MR) is 62.6 cm³/mol. The van der Waals surface area contributed by atoms with Crippen molar-refractivity contribution in [2.75, 3.05) is 0 Å². The lowest BCUT2D eigenvalue weighted by Crippen LogP contribution is -1.95. The van der Waals surface area contributed by atoms with E-state index in [1.807, 2.05) is 6.07 Å². The Hall–Kier alpha value is -1.14. The first-order chi connectivity index (χ1) is 7.69. The number of hydrogen-bond acceptors (Lipinski definition) is 4. The first-order valence-electron chi connectivity index (χ1n) is 4.43. The summed E-state index contributed by atoms with van der Waals surface area (Å²) < 4.78 is 7.82. The average molecular weight is 304 g/mol. The minimum atomic E-state index is 0.253. The standard InChI is InChI=1S/C9H8BrClN4O/c1-15-5-13-9(14-15)16-8-6(3-11)2-7(10)4-12-8/h2,4-5H,3H2,1H3. The highest BCUT2D eigenvalue weighted by molar-refractivity contribution is 9.10. The third-order valence-electron chi connectivity index (χ3n) is 1.80. The zero-order valence-electron chi connectivity index (χ0n) is 8.39. The average Bonchev–Trinajstić information content (AvgIpc) is 2.67. The Bertz CT molecular complexity index is 502. The van der Waals surface area contributed by atoms with Gasteiger partial charge in [-0.15, -0.1) is 16.7 Å². The number of rotatable bonds is 3. The van der Waals surface area contributed by atoms with E-state index in [-0.39, 0.29) is 6.01 Å². The van der Waals surface area contributed by atoms with E-state index in [9.17, 15) is 0 Å². The van der Waals surface area contributed by atoms with Gasteiger partial charge in [0.25, 0.3) is 0 Å². The molecule has 7 heteroatoms. The van der Waals surface area contributed by atoms with Crippen LogP contribution in [0.15, 0.2) is 23.1 Å². The Morgan fingerprint density at radius 3 is 2.94 bits per heavy atom. The van der Waals surface area contributed by atoms with Crippen LogP contribution in [0.2, 0.25) is 0 Å². The largest absolute Gasteiger partial charge is 0.404 e. The van der Waals surface area contributed by atoms with Gasteiger partial charge in [-0.2, -0.15) is 4.98 Å². The molecule has 0 unspecified atom stereocenters. The van der Waals surface area contributed by atoms with Crippen molar-refractivity contribution in [2.24, 2.45) is 7.05 Å². The smallest absolute Gasteiger partial charge is 0.342 e. The van der Waals surface area contributed by atoms with Gasteiger partial charge in [-0.1, -0.05) is 0 Å². The van der Waals surface area contributed by atoms with Crippen molar-refractivity contribution in [3.8, 4) is 11.9 Å². The summed E-state index contributed by atoms with van der Waals surface area (Å²) in [7, 11) is 1.76. The SMILES string of the molecule is Cn1cnc(Oc2ncc(Br)cc2CCl)n1. The maximum atomic E-state index is 5.79. The first kappa shape index (κ1) is 11.3. The third kappa shape index (κ3) is 2.51. The normalized spacial score (nSPS) is 10.4. The highest BCUT2D eigenvalue weighted by Gasteiger charge is 2.09. The van der Waals surface area contributed by atoms with Crippen LogP contribution in [0.25, 0.3) is 0 Å². The van der Waals surface area contributed by atoms with Crippen LogP contribution in [-0.4, -0.2) is 19.7 Å². The number of nitrogens with zero attached hydrogens (tertiary/aromatic N) is 4. The molecule has 2 heterocycles. The number of alkyl halides is 1. The summed E-state index contributed by atoms with van der Waals surface area (Å²) in [6.07, 6.45) is 3.18. The Labute approximate surface area is 106 Å². The van der Waals surface area contributed by atoms with Gasteiger partial charge in [0.1, 0.15) is 6.33 Å². The van der Waals surface area contributed by atoms with Crippen LogP contribution in [0.1, 0.15) is 5.56 Å². The zero-order valence-corrected chi connectivity index (χ0v) is 10.7. The number of hydrogen-bond donors (Lipinski definition) is 0. The van der Waals surface area contributed by atoms with E-state index in [0.29, 0.717) is 11.8 Å². The van der Waals surface area contributed by atoms with Crippen molar-refractivity contribution in [2.45, 2.75) is 5.88 Å². The molecule has 0 amide bonds. The Morgan fingerprint density at radius 2 is 2.31 bits per heavy atom. The second-order valence-corrected chi connectivity index (χ2v) is 4.24. The highest BCUT2D eigenvalue weighted by Crippen LogP contribution is 2.24. The van der Waals surface area contributed by atoms with Crippen molar-refractivity contribution in [1.82, 2.24) is 19.7 Å². The molecule has 2 aromatic heterocycles. The molecule has 0 spiro atoms. The molecule has 0 radical (unpaired) electrons. The number of ether oxygens (including phenoxy) is 1. The van der Waals surface area contributed by atoms with Crippen LogP contribution < -0.4 is 4.74 Å².